The molecule has 0 radical (unpaired) electrons. The van der Waals surface area contributed by atoms with Crippen molar-refractivity contribution >= 4 is 81.6 Å². The highest BCUT2D eigenvalue weighted by Gasteiger charge is 2.24. The molecule has 0 aliphatic rings. The Bertz CT molecular complexity index is 2730. The van der Waals surface area contributed by atoms with E-state index in [1.807, 2.05) is 0 Å². The van der Waals surface area contributed by atoms with Crippen LogP contribution in [0.4, 0.5) is 0 Å². The van der Waals surface area contributed by atoms with E-state index in [9.17, 15) is 0 Å². The second-order valence-corrected chi connectivity index (χ2v) is 17.0. The van der Waals surface area contributed by atoms with E-state index in [1.54, 1.807) is 0 Å². The lowest BCUT2D eigenvalue weighted by Gasteiger charge is -2.22. The van der Waals surface area contributed by atoms with E-state index in [0.29, 0.717) is 0 Å². The number of aromatic nitrogens is 3. The molecule has 288 valence electrons. The zero-order valence-corrected chi connectivity index (χ0v) is 34.3. The Labute approximate surface area is 336 Å². The van der Waals surface area contributed by atoms with Crippen molar-refractivity contribution in [3.05, 3.63) is 126 Å². The molecule has 0 spiro atoms. The summed E-state index contributed by atoms with van der Waals surface area (Å²) in [6.45, 7) is 6.92. The lowest BCUT2D eigenvalue weighted by molar-refractivity contribution is 0.667. The molecule has 0 aliphatic carbocycles. The third-order valence-corrected chi connectivity index (χ3v) is 13.2. The van der Waals surface area contributed by atoms with Gasteiger partial charge in [-0.15, -0.1) is 0 Å². The van der Waals surface area contributed by atoms with E-state index in [-0.39, 0.29) is 0 Å². The second kappa shape index (κ2) is 15.2. The Morgan fingerprint density at radius 3 is 0.947 bits per heavy atom. The quantitative estimate of drug-likeness (QED) is 0.0732. The first kappa shape index (κ1) is 36.1. The van der Waals surface area contributed by atoms with Gasteiger partial charge in [-0.2, -0.15) is 0 Å². The molecule has 0 saturated heterocycles. The van der Waals surface area contributed by atoms with Crippen LogP contribution in [0.5, 0.6) is 0 Å². The minimum absolute atomic E-state index is 1.12. The number of pyridine rings is 3. The molecule has 0 unspecified atom stereocenters. The highest BCUT2D eigenvalue weighted by Crippen LogP contribution is 2.47. The van der Waals surface area contributed by atoms with Crippen LogP contribution in [0.1, 0.15) is 115 Å². The average Bonchev–Trinajstić information content (AvgIpc) is 4.04. The van der Waals surface area contributed by atoms with Gasteiger partial charge in [0.2, 0.25) is 0 Å². The van der Waals surface area contributed by atoms with Crippen LogP contribution in [0.25, 0.3) is 81.6 Å². The van der Waals surface area contributed by atoms with Crippen LogP contribution in [-0.4, -0.2) is 13.2 Å². The summed E-state index contributed by atoms with van der Waals surface area (Å²) in [5.74, 6) is 0. The van der Waals surface area contributed by atoms with Crippen LogP contribution < -0.4 is 0 Å². The van der Waals surface area contributed by atoms with E-state index in [1.165, 1.54) is 175 Å². The molecular formula is C54H57N3. The van der Waals surface area contributed by atoms with Crippen molar-refractivity contribution in [3.63, 3.8) is 0 Å². The highest BCUT2D eigenvalue weighted by atomic mass is 14.9. The van der Waals surface area contributed by atoms with E-state index in [4.69, 9.17) is 0 Å². The summed E-state index contributed by atoms with van der Waals surface area (Å²) in [5.41, 5.74) is 12.2. The summed E-state index contributed by atoms with van der Waals surface area (Å²) in [5, 5.41) is 12.2. The summed E-state index contributed by atoms with van der Waals surface area (Å²) in [7, 11) is 0. The van der Waals surface area contributed by atoms with Crippen LogP contribution in [0.3, 0.4) is 0 Å². The molecule has 0 aliphatic heterocycles. The van der Waals surface area contributed by atoms with Crippen molar-refractivity contribution < 1.29 is 0 Å². The predicted molar refractivity (Wildman–Crippen MR) is 248 cm³/mol. The molecule has 0 saturated carbocycles. The van der Waals surface area contributed by atoms with Crippen LogP contribution in [-0.2, 0) is 19.3 Å². The van der Waals surface area contributed by atoms with Gasteiger partial charge in [-0.1, -0.05) is 133 Å². The highest BCUT2D eigenvalue weighted by molar-refractivity contribution is 6.39. The Balaban J connectivity index is 1.42. The summed E-state index contributed by atoms with van der Waals surface area (Å²) < 4.78 is 7.60. The third kappa shape index (κ3) is 5.99. The first-order chi connectivity index (χ1) is 28.2. The van der Waals surface area contributed by atoms with Crippen LogP contribution in [0, 0.1) is 0 Å². The van der Waals surface area contributed by atoms with Gasteiger partial charge in [-0.05, 0) is 108 Å². The molecule has 10 rings (SSSR count). The van der Waals surface area contributed by atoms with Crippen molar-refractivity contribution in [2.45, 2.75) is 117 Å². The molecule has 3 heteroatoms. The fourth-order valence-electron chi connectivity index (χ4n) is 10.4. The molecule has 0 amide bonds. The van der Waals surface area contributed by atoms with Gasteiger partial charge >= 0.3 is 0 Å². The molecule has 0 fully saturated rings. The van der Waals surface area contributed by atoms with Crippen LogP contribution >= 0.6 is 0 Å². The van der Waals surface area contributed by atoms with Gasteiger partial charge in [0, 0.05) is 50.9 Å². The van der Waals surface area contributed by atoms with Gasteiger partial charge in [0.15, 0.2) is 0 Å². The topological polar surface area (TPSA) is 13.2 Å². The largest absolute Gasteiger partial charge is 0.315 e. The summed E-state index contributed by atoms with van der Waals surface area (Å²) >= 11 is 0. The van der Waals surface area contributed by atoms with Gasteiger partial charge < -0.3 is 13.2 Å². The maximum Gasteiger partial charge on any atom is 0.0655 e. The number of unbranched alkanes of at least 4 members (excludes halogenated alkanes) is 9. The van der Waals surface area contributed by atoms with E-state index in [0.717, 1.165) is 19.3 Å². The van der Waals surface area contributed by atoms with Crippen molar-refractivity contribution in [3.8, 4) is 0 Å². The number of nitrogens with zero attached hydrogens (tertiary/aromatic N) is 3. The van der Waals surface area contributed by atoms with Crippen molar-refractivity contribution in [2.75, 3.05) is 0 Å². The molecule has 0 N–H and O–H groups in total. The smallest absolute Gasteiger partial charge is 0.0655 e. The van der Waals surface area contributed by atoms with Crippen molar-refractivity contribution in [1.82, 2.24) is 13.2 Å². The van der Waals surface area contributed by atoms with Gasteiger partial charge in [-0.3, -0.25) is 0 Å². The Morgan fingerprint density at radius 2 is 0.649 bits per heavy atom. The fourth-order valence-corrected chi connectivity index (χ4v) is 10.4. The standard InChI is InChI=1S/C54H57N3/c1-4-7-10-13-19-37-25-28-40-43(34-37)49-52(55-31-16-22-46(40)55)50-45-36-39(21-15-12-9-6-3)27-30-42(45)48-24-18-33-57(48)54(50)51-44-35-38(20-14-11-8-5-2)26-29-41(44)47-23-17-32-56(47)53(49)51/h16-18,22-36H,4-15,19-21H2,1-3H3. The Kier molecular flexibility index (Phi) is 9.65. The maximum absolute atomic E-state index is 2.57. The molecule has 4 aromatic carbocycles. The molecular weight excluding hydrogens is 691 g/mol. The summed E-state index contributed by atoms with van der Waals surface area (Å²) in [6, 6.07) is 36.0. The molecule has 57 heavy (non-hydrogen) atoms. The maximum atomic E-state index is 2.57. The number of hydrogen-bond acceptors (Lipinski definition) is 0. The second-order valence-electron chi connectivity index (χ2n) is 17.0. The first-order valence-corrected chi connectivity index (χ1v) is 22.4. The minimum Gasteiger partial charge on any atom is -0.315 e. The molecule has 6 aromatic heterocycles. The van der Waals surface area contributed by atoms with Gasteiger partial charge in [0.25, 0.3) is 0 Å². The van der Waals surface area contributed by atoms with Gasteiger partial charge in [0.05, 0.1) is 33.1 Å². The predicted octanol–water partition coefficient (Wildman–Crippen LogP) is 15.7. The summed E-state index contributed by atoms with van der Waals surface area (Å²) in [6.07, 6.45) is 25.6. The van der Waals surface area contributed by atoms with E-state index in [2.05, 4.69) is 144 Å². The van der Waals surface area contributed by atoms with E-state index >= 15 is 0 Å². The van der Waals surface area contributed by atoms with Gasteiger partial charge in [-0.25, -0.2) is 0 Å². The van der Waals surface area contributed by atoms with Crippen molar-refractivity contribution in [2.24, 2.45) is 0 Å². The monoisotopic (exact) mass is 747 g/mol. The average molecular weight is 748 g/mol. The summed E-state index contributed by atoms with van der Waals surface area (Å²) in [4.78, 5) is 0. The fraction of sp³-hybridized carbons (Fsp3) is 0.333. The molecule has 6 heterocycles. The molecule has 10 aromatic rings. The van der Waals surface area contributed by atoms with Crippen LogP contribution in [0.15, 0.2) is 110 Å². The number of aryl methyl sites for hydroxylation is 3. The van der Waals surface area contributed by atoms with Gasteiger partial charge in [0.1, 0.15) is 0 Å². The number of hydrogen-bond donors (Lipinski definition) is 0. The third-order valence-electron chi connectivity index (χ3n) is 13.2. The van der Waals surface area contributed by atoms with Crippen LogP contribution in [0.2, 0.25) is 0 Å². The molecule has 3 nitrogen and oxygen atoms in total. The lowest BCUT2D eigenvalue weighted by atomic mass is 9.90. The molecule has 0 bridgehead atoms. The van der Waals surface area contributed by atoms with Crippen molar-refractivity contribution in [1.29, 1.82) is 0 Å². The number of benzene rings is 4. The lowest BCUT2D eigenvalue weighted by Crippen LogP contribution is -2.02. The number of rotatable bonds is 15. The molecule has 0 atom stereocenters. The zero-order valence-electron chi connectivity index (χ0n) is 34.3. The van der Waals surface area contributed by atoms with E-state index < -0.39 is 0 Å². The normalized spacial score (nSPS) is 12.5. The SMILES string of the molecule is CCCCCCc1ccc2c(c1)c1c3c(c4cc(CCCCCC)ccc4c4cccn43)c3c(c4cc(CCCCCC)ccc4c4cccn43)c1n1cccc21. The minimum atomic E-state index is 1.12. The Morgan fingerprint density at radius 1 is 0.333 bits per heavy atom. The first-order valence-electron chi connectivity index (χ1n) is 22.4. The zero-order chi connectivity index (χ0) is 38.5. The Hall–Kier alpha value is -5.28. The number of fused-ring (bicyclic) bond motifs is 21.